The molecule has 0 bridgehead atoms. The number of sulfonamides is 1. The van der Waals surface area contributed by atoms with Crippen molar-refractivity contribution in [2.75, 3.05) is 10.0 Å². The van der Waals surface area contributed by atoms with Gasteiger partial charge in [0.15, 0.2) is 5.78 Å². The van der Waals surface area contributed by atoms with E-state index in [1.165, 1.54) is 37.3 Å². The van der Waals surface area contributed by atoms with E-state index in [-0.39, 0.29) is 15.9 Å². The first-order chi connectivity index (χ1) is 13.2. The monoisotopic (exact) mass is 478 g/mol. The number of Topliss-reactive ketones (excluding diaryl/α,β-unsaturated/α-hetero) is 1. The Labute approximate surface area is 174 Å². The van der Waals surface area contributed by atoms with Crippen LogP contribution in [0.1, 0.15) is 27.6 Å². The van der Waals surface area contributed by atoms with Gasteiger partial charge < -0.3 is 5.32 Å². The number of hydrogen-bond acceptors (Lipinski definition) is 5. The molecule has 0 unspecified atom stereocenters. The minimum atomic E-state index is -3.68. The zero-order chi connectivity index (χ0) is 20.3. The Morgan fingerprint density at radius 2 is 1.64 bits per heavy atom. The summed E-state index contributed by atoms with van der Waals surface area (Å²) in [6, 6.07) is 15.9. The summed E-state index contributed by atoms with van der Waals surface area (Å²) in [5.41, 5.74) is 1.71. The van der Waals surface area contributed by atoms with Crippen molar-refractivity contribution in [3.8, 4) is 0 Å². The summed E-state index contributed by atoms with van der Waals surface area (Å²) in [6.45, 7) is 1.45. The van der Waals surface area contributed by atoms with Gasteiger partial charge in [0.25, 0.3) is 15.9 Å². The van der Waals surface area contributed by atoms with Gasteiger partial charge in [-0.1, -0.05) is 12.1 Å². The molecule has 1 aromatic heterocycles. The van der Waals surface area contributed by atoms with E-state index in [1.54, 1.807) is 30.3 Å². The van der Waals surface area contributed by atoms with E-state index in [9.17, 15) is 18.0 Å². The van der Waals surface area contributed by atoms with Gasteiger partial charge in [0.2, 0.25) is 0 Å². The Bertz CT molecular complexity index is 1140. The molecule has 0 aliphatic carbocycles. The van der Waals surface area contributed by atoms with Crippen LogP contribution in [-0.2, 0) is 10.0 Å². The molecule has 1 heterocycles. The lowest BCUT2D eigenvalue weighted by Crippen LogP contribution is -2.13. The minimum Gasteiger partial charge on any atom is -0.322 e. The number of carbonyl (C=O) groups is 2. The Hall–Kier alpha value is -2.49. The lowest BCUT2D eigenvalue weighted by atomic mass is 10.1. The van der Waals surface area contributed by atoms with Crippen LogP contribution in [0.4, 0.5) is 11.4 Å². The number of benzene rings is 2. The van der Waals surface area contributed by atoms with E-state index in [1.807, 2.05) is 0 Å². The first-order valence-corrected chi connectivity index (χ1v) is 11.1. The molecule has 0 aliphatic heterocycles. The third-order valence-corrected chi connectivity index (χ3v) is 7.24. The molecule has 0 aliphatic rings. The van der Waals surface area contributed by atoms with E-state index < -0.39 is 10.0 Å². The van der Waals surface area contributed by atoms with Crippen molar-refractivity contribution in [2.24, 2.45) is 0 Å². The van der Waals surface area contributed by atoms with Gasteiger partial charge in [0.05, 0.1) is 3.79 Å². The van der Waals surface area contributed by atoms with Crippen molar-refractivity contribution in [1.82, 2.24) is 0 Å². The number of amides is 1. The molecular weight excluding hydrogens is 464 g/mol. The van der Waals surface area contributed by atoms with E-state index >= 15 is 0 Å². The Morgan fingerprint density at radius 3 is 2.25 bits per heavy atom. The van der Waals surface area contributed by atoms with Crippen LogP contribution in [-0.4, -0.2) is 20.1 Å². The summed E-state index contributed by atoms with van der Waals surface area (Å²) in [7, 11) is -3.68. The van der Waals surface area contributed by atoms with Gasteiger partial charge in [-0.15, -0.1) is 11.3 Å². The molecule has 1 amide bonds. The van der Waals surface area contributed by atoms with Crippen molar-refractivity contribution in [3.05, 3.63) is 75.6 Å². The second-order valence-electron chi connectivity index (χ2n) is 5.83. The highest BCUT2D eigenvalue weighted by atomic mass is 79.9. The molecule has 0 atom stereocenters. The highest BCUT2D eigenvalue weighted by Crippen LogP contribution is 2.27. The van der Waals surface area contributed by atoms with Crippen LogP contribution in [0.3, 0.4) is 0 Å². The van der Waals surface area contributed by atoms with E-state index in [4.69, 9.17) is 0 Å². The average Bonchev–Trinajstić information content (AvgIpc) is 3.09. The fourth-order valence-electron chi connectivity index (χ4n) is 2.36. The van der Waals surface area contributed by atoms with Crippen molar-refractivity contribution in [3.63, 3.8) is 0 Å². The third kappa shape index (κ3) is 4.86. The topological polar surface area (TPSA) is 92.3 Å². The first-order valence-electron chi connectivity index (χ1n) is 8.05. The number of rotatable bonds is 6. The standard InChI is InChI=1S/C19H15BrN2O4S2/c1-12(23)14-3-2-4-16(11-14)21-19(24)13-5-7-15(8-6-13)22-28(25,26)18-10-9-17(20)27-18/h2-11,22H,1H3,(H,21,24). The number of nitrogens with one attached hydrogen (secondary N) is 2. The van der Waals surface area contributed by atoms with Crippen LogP contribution in [0.2, 0.25) is 0 Å². The fraction of sp³-hybridized carbons (Fsp3) is 0.0526. The fourth-order valence-corrected chi connectivity index (χ4v) is 5.42. The zero-order valence-electron chi connectivity index (χ0n) is 14.6. The van der Waals surface area contributed by atoms with Crippen LogP contribution < -0.4 is 10.0 Å². The van der Waals surface area contributed by atoms with Gasteiger partial charge in [-0.05, 0) is 71.4 Å². The van der Waals surface area contributed by atoms with Gasteiger partial charge in [0, 0.05) is 22.5 Å². The highest BCUT2D eigenvalue weighted by molar-refractivity contribution is 9.11. The van der Waals surface area contributed by atoms with Gasteiger partial charge in [0.1, 0.15) is 4.21 Å². The number of ketones is 1. The van der Waals surface area contributed by atoms with Crippen LogP contribution in [0, 0.1) is 0 Å². The zero-order valence-corrected chi connectivity index (χ0v) is 17.8. The second-order valence-corrected chi connectivity index (χ2v) is 10.2. The van der Waals surface area contributed by atoms with Crippen LogP contribution in [0.15, 0.2) is 68.7 Å². The molecule has 0 fully saturated rings. The molecule has 0 saturated heterocycles. The smallest absolute Gasteiger partial charge is 0.271 e. The molecule has 144 valence electrons. The Kier molecular flexibility index (Phi) is 5.97. The Morgan fingerprint density at radius 1 is 0.929 bits per heavy atom. The second kappa shape index (κ2) is 8.26. The quantitative estimate of drug-likeness (QED) is 0.499. The molecule has 0 radical (unpaired) electrons. The van der Waals surface area contributed by atoms with Gasteiger partial charge >= 0.3 is 0 Å². The highest BCUT2D eigenvalue weighted by Gasteiger charge is 2.17. The van der Waals surface area contributed by atoms with Crippen molar-refractivity contribution >= 4 is 60.4 Å². The number of carbonyl (C=O) groups excluding carboxylic acids is 2. The number of hydrogen-bond donors (Lipinski definition) is 2. The maximum absolute atomic E-state index is 12.4. The minimum absolute atomic E-state index is 0.0921. The van der Waals surface area contributed by atoms with Crippen LogP contribution >= 0.6 is 27.3 Å². The molecule has 9 heteroatoms. The summed E-state index contributed by atoms with van der Waals surface area (Å²) < 4.78 is 28.0. The van der Waals surface area contributed by atoms with Gasteiger partial charge in [-0.3, -0.25) is 14.3 Å². The first kappa shape index (κ1) is 20.2. The number of anilines is 2. The van der Waals surface area contributed by atoms with E-state index in [2.05, 4.69) is 26.0 Å². The lowest BCUT2D eigenvalue weighted by molar-refractivity contribution is 0.101. The van der Waals surface area contributed by atoms with Crippen molar-refractivity contribution in [2.45, 2.75) is 11.1 Å². The molecule has 6 nitrogen and oxygen atoms in total. The van der Waals surface area contributed by atoms with Gasteiger partial charge in [-0.25, -0.2) is 8.42 Å². The summed E-state index contributed by atoms with van der Waals surface area (Å²) in [5, 5.41) is 2.72. The molecule has 0 saturated carbocycles. The normalized spacial score (nSPS) is 11.1. The largest absolute Gasteiger partial charge is 0.322 e. The number of halogens is 1. The summed E-state index contributed by atoms with van der Waals surface area (Å²) in [4.78, 5) is 23.8. The summed E-state index contributed by atoms with van der Waals surface area (Å²) in [5.74, 6) is -0.456. The maximum atomic E-state index is 12.4. The molecule has 3 rings (SSSR count). The van der Waals surface area contributed by atoms with Crippen molar-refractivity contribution < 1.29 is 18.0 Å². The SMILES string of the molecule is CC(=O)c1cccc(NC(=O)c2ccc(NS(=O)(=O)c3ccc(Br)s3)cc2)c1. The predicted octanol–water partition coefficient (Wildman–Crippen LogP) is 4.77. The molecule has 28 heavy (non-hydrogen) atoms. The average molecular weight is 479 g/mol. The summed E-state index contributed by atoms with van der Waals surface area (Å²) in [6.07, 6.45) is 0. The van der Waals surface area contributed by atoms with Gasteiger partial charge in [-0.2, -0.15) is 0 Å². The summed E-state index contributed by atoms with van der Waals surface area (Å²) >= 11 is 4.34. The predicted molar refractivity (Wildman–Crippen MR) is 114 cm³/mol. The van der Waals surface area contributed by atoms with Crippen LogP contribution in [0.5, 0.6) is 0 Å². The molecule has 2 N–H and O–H groups in total. The maximum Gasteiger partial charge on any atom is 0.271 e. The number of thiophene rings is 1. The Balaban J connectivity index is 1.71. The van der Waals surface area contributed by atoms with E-state index in [0.29, 0.717) is 26.3 Å². The molecule has 3 aromatic rings. The van der Waals surface area contributed by atoms with Crippen LogP contribution in [0.25, 0.3) is 0 Å². The molecule has 0 spiro atoms. The molecule has 2 aromatic carbocycles. The molecular formula is C19H15BrN2O4S2. The third-order valence-electron chi connectivity index (χ3n) is 3.74. The van der Waals surface area contributed by atoms with Crippen molar-refractivity contribution in [1.29, 1.82) is 0 Å². The van der Waals surface area contributed by atoms with E-state index in [0.717, 1.165) is 11.3 Å². The lowest BCUT2D eigenvalue weighted by Gasteiger charge is -2.09.